The summed E-state index contributed by atoms with van der Waals surface area (Å²) >= 11 is 1.52. The molecule has 670 valence electrons. The number of hydrogen-bond donors (Lipinski definition) is 16. The molecule has 0 saturated carbocycles. The minimum Gasteiger partial charge on any atom is -0.508 e. The second-order valence-corrected chi connectivity index (χ2v) is 35.5. The Hall–Kier alpha value is -6.88. The minimum atomic E-state index is -2.31. The first-order valence-corrected chi connectivity index (χ1v) is 44.6. The van der Waals surface area contributed by atoms with Gasteiger partial charge >= 0.3 is 0 Å². The second kappa shape index (κ2) is 52.4. The Balaban J connectivity index is 1.77. The highest BCUT2D eigenvalue weighted by Crippen LogP contribution is 2.33. The van der Waals surface area contributed by atoms with Gasteiger partial charge in [0.15, 0.2) is 17.3 Å². The number of nitrogens with two attached hydrogens (primary N) is 1. The quantitative estimate of drug-likeness (QED) is 0.0325. The molecule has 1 aromatic carbocycles. The highest BCUT2D eigenvalue weighted by atomic mass is 32.2. The average molecular weight is 1690 g/mol. The summed E-state index contributed by atoms with van der Waals surface area (Å²) in [5, 5.41) is 112. The van der Waals surface area contributed by atoms with Crippen molar-refractivity contribution in [3.8, 4) is 5.75 Å². The fourth-order valence-electron chi connectivity index (χ4n) is 16.1. The number of carbonyl (C=O) groups excluding carboxylic acids is 13. The summed E-state index contributed by atoms with van der Waals surface area (Å²) in [6.07, 6.45) is -6.41. The van der Waals surface area contributed by atoms with E-state index in [0.717, 1.165) is 60.5 Å². The number of hydrogen-bond acceptors (Lipinski definition) is 24. The Morgan fingerprint density at radius 3 is 1.84 bits per heavy atom. The summed E-state index contributed by atoms with van der Waals surface area (Å²) in [6.45, 7) is 20.6. The minimum absolute atomic E-state index is 0.0297. The smallest absolute Gasteiger partial charge is 0.248 e. The number of rotatable bonds is 48. The largest absolute Gasteiger partial charge is 0.508 e. The van der Waals surface area contributed by atoms with Crippen LogP contribution in [0.15, 0.2) is 24.3 Å². The Bertz CT molecular complexity index is 3370. The van der Waals surface area contributed by atoms with Crippen molar-refractivity contribution in [1.82, 2.24) is 47.0 Å². The van der Waals surface area contributed by atoms with Crippen LogP contribution in [-0.2, 0) is 62.3 Å². The van der Waals surface area contributed by atoms with Crippen LogP contribution in [0.5, 0.6) is 5.75 Å². The summed E-state index contributed by atoms with van der Waals surface area (Å²) < 4.78 is 0. The van der Waals surface area contributed by atoms with Gasteiger partial charge in [-0.3, -0.25) is 62.9 Å². The number of benzene rings is 1. The van der Waals surface area contributed by atoms with Crippen molar-refractivity contribution >= 4 is 88.4 Å². The second-order valence-electron chi connectivity index (χ2n) is 34.5. The molecule has 118 heavy (non-hydrogen) atoms. The third-order valence-electron chi connectivity index (χ3n) is 24.1. The molecule has 0 spiro atoms. The first-order chi connectivity index (χ1) is 55.8. The normalized spacial score (nSPS) is 24.7. The van der Waals surface area contributed by atoms with Crippen LogP contribution in [0.25, 0.3) is 0 Å². The molecule has 3 aliphatic rings. The fourth-order valence-corrected chi connectivity index (χ4v) is 16.6. The molecule has 0 aliphatic carbocycles. The lowest BCUT2D eigenvalue weighted by Crippen LogP contribution is -2.63. The van der Waals surface area contributed by atoms with Gasteiger partial charge in [0.05, 0.1) is 60.7 Å². The van der Waals surface area contributed by atoms with E-state index >= 15 is 14.4 Å². The van der Waals surface area contributed by atoms with E-state index in [1.54, 1.807) is 20.8 Å². The maximum Gasteiger partial charge on any atom is 0.248 e. The van der Waals surface area contributed by atoms with Crippen molar-refractivity contribution in [3.05, 3.63) is 29.8 Å². The van der Waals surface area contributed by atoms with E-state index in [9.17, 15) is 88.8 Å². The zero-order valence-electron chi connectivity index (χ0n) is 72.1. The molecule has 0 bridgehead atoms. The van der Waals surface area contributed by atoms with Crippen LogP contribution in [0.1, 0.15) is 242 Å². The molecule has 17 N–H and O–H groups in total. The predicted octanol–water partition coefficient (Wildman–Crippen LogP) is 3.90. The zero-order chi connectivity index (χ0) is 88.4. The number of thioether (sulfide) groups is 1. The molecule has 1 aromatic rings. The Labute approximate surface area is 702 Å². The number of aromatic hydroxyl groups is 1. The zero-order valence-corrected chi connectivity index (χ0v) is 72.9. The van der Waals surface area contributed by atoms with Gasteiger partial charge < -0.3 is 93.1 Å². The summed E-state index contributed by atoms with van der Waals surface area (Å²) in [7, 11) is 0. The van der Waals surface area contributed by atoms with E-state index in [-0.39, 0.29) is 74.1 Å². The molecule has 32 heteroatoms. The highest BCUT2D eigenvalue weighted by Gasteiger charge is 2.50. The summed E-state index contributed by atoms with van der Waals surface area (Å²) in [5.74, 6) is -16.1. The average Bonchev–Trinajstić information content (AvgIpc) is 1.61. The number of phenolic OH excluding ortho intramolecular Hbond substituents is 1. The SMILES string of the molecule is CCC(C)[C@H](NC(=O)[C@@H](CC=O)CCSC)C(=O)C[C@H](C(=O)N[C@H](C(=O)C[C@@H](CC(C)C)C(=O)NCC[C@@H](O)[C@@H]1NC(=O)[C@H]([C@H](O)[C@@H](O)c2ccc(O)cc2)CC(=O)[C@@H]2C[C@@H](O)CN2C(=O)[C@H]([C@@H](C)O)NC(=O)[C@@H](CC(=O)CCCCCCCC[C@@H](C)C[C@@H](C)CC)C[C@@H](O)[C@@H](NCCN)NC(=O)[C@@H]2[C@@H](O)CCN2C1=O)C(C)CC)C(C)C. The monoisotopic (exact) mass is 1690 g/mol. The van der Waals surface area contributed by atoms with Crippen molar-refractivity contribution in [2.24, 2.45) is 70.8 Å². The molecule has 3 heterocycles. The predicted molar refractivity (Wildman–Crippen MR) is 447 cm³/mol. The number of aliphatic hydroxyl groups excluding tert-OH is 7. The third kappa shape index (κ3) is 32.5. The van der Waals surface area contributed by atoms with Crippen molar-refractivity contribution in [3.63, 3.8) is 0 Å². The summed E-state index contributed by atoms with van der Waals surface area (Å²) in [6, 6.07) is -5.06. The van der Waals surface area contributed by atoms with Crippen LogP contribution >= 0.6 is 11.8 Å². The van der Waals surface area contributed by atoms with Gasteiger partial charge in [-0.25, -0.2) is 0 Å². The number of aliphatic hydroxyl groups is 7. The van der Waals surface area contributed by atoms with E-state index in [0.29, 0.717) is 56.0 Å². The van der Waals surface area contributed by atoms with Crippen LogP contribution in [-0.4, -0.2) is 251 Å². The standard InChI is InChI=1S/C86H144N10O21S/c1-14-50(8)40-51(9)23-21-19-17-18-20-22-24-60(100)41-58-43-70(107)78(88-35-33-87)94-84(115)75-66(103)30-36-95(75)86(117)74(93-83(114)63(77(109)76(108)55-25-27-59(99)28-26-55)46-67(104)64-44-61(101)47-96(64)85(116)73(54(12)98)92-81(58)112)65(102)29-34-89-79(110)57(39-48(4)5)42-68(105)71(52(10)15-2)91-82(113)62(49(6)7)45-69(106)72(53(11)16-3)90-80(111)56(31-37-97)32-38-118-13/h25-28,37,48-54,56-58,61-66,70-78,88,98-99,101-103,107-109H,14-24,29-36,38-47,87H2,1-13H3,(H,89,110)(H,90,111)(H,91,113)(H,92,112)(H,93,114)(H,94,115)/t50-,51+,52?,53?,54+,56-,57+,58-,61+,62-,63-,64-,65+,66-,70+,71-,72-,73-,74-,75-,76-,77-,78-/m0/s1. The first kappa shape index (κ1) is 103. The molecule has 8 amide bonds. The molecule has 3 fully saturated rings. The fraction of sp³-hybridized carbons (Fsp3) is 0.779. The van der Waals surface area contributed by atoms with E-state index in [1.807, 2.05) is 40.9 Å². The number of carbonyl (C=O) groups is 13. The molecule has 0 aromatic heterocycles. The molecule has 23 atom stereocenters. The topological polar surface area (TPSA) is 500 Å². The van der Waals surface area contributed by atoms with Crippen molar-refractivity contribution < 1.29 is 103 Å². The number of unbranched alkanes of at least 4 members (excludes halogenated alkanes) is 5. The molecule has 4 rings (SSSR count). The van der Waals surface area contributed by atoms with Crippen LogP contribution < -0.4 is 43.0 Å². The van der Waals surface area contributed by atoms with Gasteiger partial charge in [-0.15, -0.1) is 0 Å². The van der Waals surface area contributed by atoms with Crippen LogP contribution in [0.4, 0.5) is 0 Å². The lowest BCUT2D eigenvalue weighted by molar-refractivity contribution is -0.149. The number of ketones is 4. The van der Waals surface area contributed by atoms with Gasteiger partial charge in [0, 0.05) is 101 Å². The van der Waals surface area contributed by atoms with Gasteiger partial charge in [-0.05, 0) is 117 Å². The van der Waals surface area contributed by atoms with E-state index in [4.69, 9.17) is 5.73 Å². The van der Waals surface area contributed by atoms with Crippen LogP contribution in [0, 0.1) is 65.1 Å². The molecule has 0 radical (unpaired) electrons. The van der Waals surface area contributed by atoms with E-state index < -0.39 is 249 Å². The number of nitrogens with zero attached hydrogens (tertiary/aromatic N) is 2. The van der Waals surface area contributed by atoms with Gasteiger partial charge in [0.25, 0.3) is 0 Å². The Kier molecular flexibility index (Phi) is 46.0. The lowest BCUT2D eigenvalue weighted by Gasteiger charge is -2.35. The summed E-state index contributed by atoms with van der Waals surface area (Å²) in [5.41, 5.74) is 5.84. The molecular formula is C86H144N10O21S. The highest BCUT2D eigenvalue weighted by molar-refractivity contribution is 7.98. The van der Waals surface area contributed by atoms with Crippen LogP contribution in [0.3, 0.4) is 0 Å². The molecule has 3 saturated heterocycles. The van der Waals surface area contributed by atoms with E-state index in [2.05, 4.69) is 58.0 Å². The molecule has 3 aliphatic heterocycles. The first-order valence-electron chi connectivity index (χ1n) is 43.2. The van der Waals surface area contributed by atoms with Gasteiger partial charge in [-0.2, -0.15) is 11.8 Å². The van der Waals surface area contributed by atoms with Gasteiger partial charge in [-0.1, -0.05) is 146 Å². The Morgan fingerprint density at radius 1 is 0.653 bits per heavy atom. The number of nitrogens with one attached hydrogen (secondary N) is 7. The number of amides is 8. The van der Waals surface area contributed by atoms with Gasteiger partial charge in [0.2, 0.25) is 47.3 Å². The van der Waals surface area contributed by atoms with Crippen molar-refractivity contribution in [2.75, 3.05) is 44.7 Å². The maximum atomic E-state index is 15.6. The maximum absolute atomic E-state index is 15.6. The summed E-state index contributed by atoms with van der Waals surface area (Å²) in [4.78, 5) is 190. The van der Waals surface area contributed by atoms with Gasteiger partial charge in [0.1, 0.15) is 48.2 Å². The van der Waals surface area contributed by atoms with E-state index in [1.165, 1.54) is 37.2 Å². The van der Waals surface area contributed by atoms with Crippen molar-refractivity contribution in [1.29, 1.82) is 0 Å². The number of fused-ring (bicyclic) bond motifs is 2. The lowest BCUT2D eigenvalue weighted by atomic mass is 9.83. The molecule has 2 unspecified atom stereocenters. The third-order valence-corrected chi connectivity index (χ3v) is 24.7. The number of aldehydes is 1. The number of phenols is 1. The Morgan fingerprint density at radius 2 is 1.25 bits per heavy atom. The van der Waals surface area contributed by atoms with Crippen LogP contribution in [0.2, 0.25) is 0 Å². The molecule has 31 nitrogen and oxygen atoms in total. The molecular weight excluding hydrogens is 1540 g/mol. The van der Waals surface area contributed by atoms with Crippen molar-refractivity contribution in [2.45, 2.75) is 316 Å². The number of Topliss-reactive ketones (excluding diaryl/α,β-unsaturated/α-hetero) is 4.